The zero-order chi connectivity index (χ0) is 25.8. The van der Waals surface area contributed by atoms with Gasteiger partial charge in [-0.25, -0.2) is 9.37 Å². The number of nitrogens with one attached hydrogen (secondary N) is 4. The average Bonchev–Trinajstić information content (AvgIpc) is 3.37. The van der Waals surface area contributed by atoms with Crippen LogP contribution in [0.4, 0.5) is 27.5 Å². The van der Waals surface area contributed by atoms with Crippen LogP contribution in [0.3, 0.4) is 0 Å². The Morgan fingerprint density at radius 2 is 1.78 bits per heavy atom. The SMILES string of the molecule is C=CC(=O)NC1CCC(Nc2nc(Nc3ccc(NC4CCN(C)CC4)c(F)c3)nc3ccsc23)CC1. The zero-order valence-electron chi connectivity index (χ0n) is 21.1. The number of hydrogen-bond acceptors (Lipinski definition) is 8. The van der Waals surface area contributed by atoms with Crippen molar-refractivity contribution in [2.24, 2.45) is 0 Å². The Morgan fingerprint density at radius 1 is 1.05 bits per heavy atom. The quantitative estimate of drug-likeness (QED) is 0.305. The van der Waals surface area contributed by atoms with Crippen LogP contribution in [0.25, 0.3) is 10.2 Å². The fraction of sp³-hybridized carbons (Fsp3) is 0.444. The molecule has 37 heavy (non-hydrogen) atoms. The summed E-state index contributed by atoms with van der Waals surface area (Å²) in [5, 5.41) is 15.1. The lowest BCUT2D eigenvalue weighted by atomic mass is 9.91. The highest BCUT2D eigenvalue weighted by atomic mass is 32.1. The van der Waals surface area contributed by atoms with Gasteiger partial charge < -0.3 is 26.2 Å². The molecule has 0 bridgehead atoms. The summed E-state index contributed by atoms with van der Waals surface area (Å²) in [6.45, 7) is 5.56. The molecule has 3 heterocycles. The Balaban J connectivity index is 1.25. The van der Waals surface area contributed by atoms with Gasteiger partial charge in [0.05, 0.1) is 15.9 Å². The van der Waals surface area contributed by atoms with Crippen LogP contribution in [-0.4, -0.2) is 59.0 Å². The van der Waals surface area contributed by atoms with E-state index >= 15 is 0 Å². The van der Waals surface area contributed by atoms with Crippen LogP contribution >= 0.6 is 11.3 Å². The number of amides is 1. The monoisotopic (exact) mass is 523 g/mol. The maximum Gasteiger partial charge on any atom is 0.243 e. The maximum absolute atomic E-state index is 14.9. The van der Waals surface area contributed by atoms with E-state index < -0.39 is 0 Å². The van der Waals surface area contributed by atoms with E-state index in [2.05, 4.69) is 44.8 Å². The maximum atomic E-state index is 14.9. The molecule has 0 unspecified atom stereocenters. The molecule has 8 nitrogen and oxygen atoms in total. The Labute approximate surface area is 220 Å². The molecule has 1 aromatic carbocycles. The van der Waals surface area contributed by atoms with Crippen LogP contribution in [-0.2, 0) is 4.79 Å². The second kappa shape index (κ2) is 11.4. The molecule has 2 fully saturated rings. The van der Waals surface area contributed by atoms with Crippen molar-refractivity contribution < 1.29 is 9.18 Å². The van der Waals surface area contributed by atoms with E-state index in [-0.39, 0.29) is 29.8 Å². The molecular formula is C27H34FN7OS. The van der Waals surface area contributed by atoms with E-state index in [0.29, 0.717) is 17.3 Å². The summed E-state index contributed by atoms with van der Waals surface area (Å²) < 4.78 is 15.9. The predicted molar refractivity (Wildman–Crippen MR) is 149 cm³/mol. The average molecular weight is 524 g/mol. The first-order valence-corrected chi connectivity index (χ1v) is 13.8. The van der Waals surface area contributed by atoms with Gasteiger partial charge in [0.1, 0.15) is 11.6 Å². The second-order valence-corrected chi connectivity index (χ2v) is 10.9. The zero-order valence-corrected chi connectivity index (χ0v) is 21.9. The topological polar surface area (TPSA) is 94.2 Å². The number of carbonyl (C=O) groups excluding carboxylic acids is 1. The molecule has 0 spiro atoms. The summed E-state index contributed by atoms with van der Waals surface area (Å²) in [5.74, 6) is 0.794. The van der Waals surface area contributed by atoms with Gasteiger partial charge in [-0.15, -0.1) is 11.3 Å². The van der Waals surface area contributed by atoms with E-state index in [0.717, 1.165) is 67.6 Å². The number of rotatable bonds is 8. The van der Waals surface area contributed by atoms with Gasteiger partial charge in [0.2, 0.25) is 11.9 Å². The first-order chi connectivity index (χ1) is 18.0. The molecule has 196 valence electrons. The third-order valence-corrected chi connectivity index (χ3v) is 8.12. The minimum Gasteiger partial charge on any atom is -0.380 e. The van der Waals surface area contributed by atoms with Crippen LogP contribution in [0.5, 0.6) is 0 Å². The summed E-state index contributed by atoms with van der Waals surface area (Å²) >= 11 is 1.60. The Morgan fingerprint density at radius 3 is 2.51 bits per heavy atom. The highest BCUT2D eigenvalue weighted by Gasteiger charge is 2.23. The number of hydrogen-bond donors (Lipinski definition) is 4. The van der Waals surface area contributed by atoms with Crippen molar-refractivity contribution >= 4 is 50.6 Å². The fourth-order valence-corrected chi connectivity index (χ4v) is 5.85. The van der Waals surface area contributed by atoms with Crippen molar-refractivity contribution in [1.29, 1.82) is 0 Å². The highest BCUT2D eigenvalue weighted by Crippen LogP contribution is 2.31. The first kappa shape index (κ1) is 25.4. The van der Waals surface area contributed by atoms with Gasteiger partial charge in [-0.2, -0.15) is 4.98 Å². The number of carbonyl (C=O) groups is 1. The van der Waals surface area contributed by atoms with Gasteiger partial charge in [0.25, 0.3) is 0 Å². The molecule has 1 amide bonds. The number of thiophene rings is 1. The van der Waals surface area contributed by atoms with Gasteiger partial charge in [-0.3, -0.25) is 4.79 Å². The van der Waals surface area contributed by atoms with Crippen molar-refractivity contribution in [3.05, 3.63) is 48.1 Å². The lowest BCUT2D eigenvalue weighted by molar-refractivity contribution is -0.117. The van der Waals surface area contributed by atoms with E-state index in [4.69, 9.17) is 4.98 Å². The number of likely N-dealkylation sites (tertiary alicyclic amines) is 1. The van der Waals surface area contributed by atoms with Gasteiger partial charge in [-0.1, -0.05) is 6.58 Å². The number of nitrogens with zero attached hydrogens (tertiary/aromatic N) is 3. The third-order valence-electron chi connectivity index (χ3n) is 7.21. The Bertz CT molecular complexity index is 1250. The number of piperidine rings is 1. The lowest BCUT2D eigenvalue weighted by Gasteiger charge is -2.30. The minimum atomic E-state index is -0.292. The second-order valence-electron chi connectivity index (χ2n) is 9.98. The molecule has 2 aromatic heterocycles. The summed E-state index contributed by atoms with van der Waals surface area (Å²) in [5.41, 5.74) is 1.97. The summed E-state index contributed by atoms with van der Waals surface area (Å²) in [6.07, 6.45) is 6.99. The van der Waals surface area contributed by atoms with Crippen molar-refractivity contribution in [1.82, 2.24) is 20.2 Å². The van der Waals surface area contributed by atoms with Crippen molar-refractivity contribution in [2.75, 3.05) is 36.1 Å². The number of aromatic nitrogens is 2. The van der Waals surface area contributed by atoms with Gasteiger partial charge in [0, 0.05) is 23.8 Å². The van der Waals surface area contributed by atoms with Crippen LogP contribution in [0, 0.1) is 5.82 Å². The number of fused-ring (bicyclic) bond motifs is 1. The number of benzene rings is 1. The molecule has 0 radical (unpaired) electrons. The summed E-state index contributed by atoms with van der Waals surface area (Å²) in [7, 11) is 2.12. The Hall–Kier alpha value is -3.24. The lowest BCUT2D eigenvalue weighted by Crippen LogP contribution is -2.39. The van der Waals surface area contributed by atoms with Crippen LogP contribution in [0.15, 0.2) is 42.3 Å². The van der Waals surface area contributed by atoms with Crippen LogP contribution < -0.4 is 21.3 Å². The molecule has 10 heteroatoms. The minimum absolute atomic E-state index is 0.120. The largest absolute Gasteiger partial charge is 0.380 e. The van der Waals surface area contributed by atoms with Crippen LogP contribution in [0.2, 0.25) is 0 Å². The smallest absolute Gasteiger partial charge is 0.243 e. The summed E-state index contributed by atoms with van der Waals surface area (Å²) in [6, 6.07) is 7.82. The van der Waals surface area contributed by atoms with E-state index in [1.54, 1.807) is 17.4 Å². The summed E-state index contributed by atoms with van der Waals surface area (Å²) in [4.78, 5) is 23.3. The molecule has 3 aromatic rings. The van der Waals surface area contributed by atoms with E-state index in [1.807, 2.05) is 17.5 Å². The number of anilines is 4. The van der Waals surface area contributed by atoms with Crippen LogP contribution in [0.1, 0.15) is 38.5 Å². The van der Waals surface area contributed by atoms with E-state index in [9.17, 15) is 9.18 Å². The molecule has 2 aliphatic rings. The molecule has 4 N–H and O–H groups in total. The standard InChI is InChI=1S/C27H34FN7OS/c1-3-24(36)30-17-4-6-18(7-5-17)31-26-25-23(12-15-37-25)33-27(34-26)32-20-8-9-22(21(28)16-20)29-19-10-13-35(2)14-11-19/h3,8-9,12,15-19,29H,1,4-7,10-11,13-14H2,2H3,(H,30,36)(H2,31,32,33,34). The molecule has 1 saturated heterocycles. The number of halogens is 1. The van der Waals surface area contributed by atoms with Gasteiger partial charge >= 0.3 is 0 Å². The van der Waals surface area contributed by atoms with Gasteiger partial charge in [-0.05, 0) is 94.4 Å². The van der Waals surface area contributed by atoms with Crippen molar-refractivity contribution in [3.63, 3.8) is 0 Å². The van der Waals surface area contributed by atoms with Crippen molar-refractivity contribution in [2.45, 2.75) is 56.7 Å². The molecule has 1 saturated carbocycles. The fourth-order valence-electron chi connectivity index (χ4n) is 5.06. The highest BCUT2D eigenvalue weighted by molar-refractivity contribution is 7.17. The first-order valence-electron chi connectivity index (χ1n) is 12.9. The molecule has 5 rings (SSSR count). The predicted octanol–water partition coefficient (Wildman–Crippen LogP) is 5.11. The molecule has 1 aliphatic carbocycles. The van der Waals surface area contributed by atoms with E-state index in [1.165, 1.54) is 12.1 Å². The normalized spacial score (nSPS) is 20.9. The molecule has 0 atom stereocenters. The molecular weight excluding hydrogens is 489 g/mol. The third kappa shape index (κ3) is 6.37. The Kier molecular flexibility index (Phi) is 7.85. The molecule has 1 aliphatic heterocycles. The van der Waals surface area contributed by atoms with Gasteiger partial charge in [0.15, 0.2) is 0 Å². The van der Waals surface area contributed by atoms with Crippen molar-refractivity contribution in [3.8, 4) is 0 Å².